The van der Waals surface area contributed by atoms with E-state index >= 15 is 0 Å². The minimum absolute atomic E-state index is 0.0760. The fourth-order valence-electron chi connectivity index (χ4n) is 5.21. The molecule has 3 aliphatic rings. The Hall–Kier alpha value is -2.20. The molecule has 0 unspecified atom stereocenters. The van der Waals surface area contributed by atoms with Crippen LogP contribution in [0.5, 0.6) is 0 Å². The Kier molecular flexibility index (Phi) is 5.37. The number of sulfonamides is 1. The predicted molar refractivity (Wildman–Crippen MR) is 118 cm³/mol. The molecule has 9 nitrogen and oxygen atoms in total. The van der Waals surface area contributed by atoms with Crippen LogP contribution in [-0.2, 0) is 27.7 Å². The normalized spacial score (nSPS) is 21.5. The maximum atomic E-state index is 13.0. The average Bonchev–Trinajstić information content (AvgIpc) is 3.17. The number of hydrogen-bond acceptors (Lipinski definition) is 6. The van der Waals surface area contributed by atoms with E-state index in [2.05, 4.69) is 4.90 Å². The summed E-state index contributed by atoms with van der Waals surface area (Å²) in [7, 11) is -3.17. The lowest BCUT2D eigenvalue weighted by atomic mass is 9.96. The van der Waals surface area contributed by atoms with Gasteiger partial charge in [-0.15, -0.1) is 0 Å². The number of aryl methyl sites for hydroxylation is 2. The quantitative estimate of drug-likeness (QED) is 0.697. The van der Waals surface area contributed by atoms with Crippen molar-refractivity contribution in [3.8, 4) is 0 Å². The third-order valence-electron chi connectivity index (χ3n) is 6.96. The van der Waals surface area contributed by atoms with Crippen LogP contribution >= 0.6 is 0 Å². The molecular weight excluding hydrogens is 416 g/mol. The molecule has 0 atom stereocenters. The van der Waals surface area contributed by atoms with Gasteiger partial charge in [0.2, 0.25) is 15.9 Å². The number of fused-ring (bicyclic) bond motifs is 3. The predicted octanol–water partition coefficient (Wildman–Crippen LogP) is 0.928. The van der Waals surface area contributed by atoms with Crippen molar-refractivity contribution in [1.29, 1.82) is 0 Å². The first-order chi connectivity index (χ1) is 14.9. The van der Waals surface area contributed by atoms with E-state index in [1.165, 1.54) is 34.7 Å². The maximum absolute atomic E-state index is 13.0. The molecule has 1 amide bonds. The summed E-state index contributed by atoms with van der Waals surface area (Å²) in [6, 6.07) is 0. The van der Waals surface area contributed by atoms with Gasteiger partial charge in [0.05, 0.1) is 11.9 Å². The lowest BCUT2D eigenvalue weighted by molar-refractivity contribution is -0.137. The van der Waals surface area contributed by atoms with Gasteiger partial charge in [0.1, 0.15) is 5.52 Å². The summed E-state index contributed by atoms with van der Waals surface area (Å²) in [6.07, 6.45) is 10.7. The second-order valence-corrected chi connectivity index (χ2v) is 10.9. The Labute approximate surface area is 183 Å². The first kappa shape index (κ1) is 20.7. The van der Waals surface area contributed by atoms with Crippen molar-refractivity contribution >= 4 is 27.3 Å². The molecule has 4 heterocycles. The number of piperidine rings is 1. The van der Waals surface area contributed by atoms with Crippen molar-refractivity contribution in [3.63, 3.8) is 0 Å². The molecule has 0 bridgehead atoms. The van der Waals surface area contributed by atoms with E-state index in [1.54, 1.807) is 0 Å². The molecule has 0 saturated carbocycles. The van der Waals surface area contributed by atoms with E-state index in [4.69, 9.17) is 10.1 Å². The van der Waals surface area contributed by atoms with Crippen molar-refractivity contribution in [2.24, 2.45) is 5.92 Å². The summed E-state index contributed by atoms with van der Waals surface area (Å²) in [4.78, 5) is 22.0. The summed E-state index contributed by atoms with van der Waals surface area (Å²) in [5.74, 6) is 1.07. The fourth-order valence-corrected chi connectivity index (χ4v) is 6.08. The van der Waals surface area contributed by atoms with Crippen LogP contribution in [0.2, 0.25) is 0 Å². The number of amides is 1. The van der Waals surface area contributed by atoms with Gasteiger partial charge in [0.25, 0.3) is 0 Å². The molecule has 0 spiro atoms. The summed E-state index contributed by atoms with van der Waals surface area (Å²) in [6.45, 7) is 3.72. The largest absolute Gasteiger partial charge is 0.351 e. The molecule has 2 fully saturated rings. The van der Waals surface area contributed by atoms with Crippen molar-refractivity contribution in [2.45, 2.75) is 38.5 Å². The van der Waals surface area contributed by atoms with E-state index in [1.807, 2.05) is 21.8 Å². The van der Waals surface area contributed by atoms with Crippen molar-refractivity contribution < 1.29 is 13.2 Å². The molecule has 0 aromatic carbocycles. The van der Waals surface area contributed by atoms with Crippen LogP contribution < -0.4 is 4.90 Å². The van der Waals surface area contributed by atoms with E-state index in [0.717, 1.165) is 37.3 Å². The molecule has 5 rings (SSSR count). The average molecular weight is 447 g/mol. The summed E-state index contributed by atoms with van der Waals surface area (Å²) >= 11 is 0. The van der Waals surface area contributed by atoms with Crippen LogP contribution in [0.4, 0.5) is 5.82 Å². The van der Waals surface area contributed by atoms with Crippen molar-refractivity contribution in [1.82, 2.24) is 23.8 Å². The Balaban J connectivity index is 1.25. The van der Waals surface area contributed by atoms with Gasteiger partial charge in [0.15, 0.2) is 5.82 Å². The number of nitrogens with zero attached hydrogens (tertiary/aromatic N) is 6. The van der Waals surface area contributed by atoms with Crippen LogP contribution in [0.25, 0.3) is 5.52 Å². The van der Waals surface area contributed by atoms with Crippen LogP contribution in [-0.4, -0.2) is 83.7 Å². The van der Waals surface area contributed by atoms with E-state index in [-0.39, 0.29) is 11.8 Å². The smallest absolute Gasteiger partial charge is 0.225 e. The monoisotopic (exact) mass is 446 g/mol. The van der Waals surface area contributed by atoms with Crippen LogP contribution in [0.3, 0.4) is 0 Å². The number of carbonyl (C=O) groups is 1. The van der Waals surface area contributed by atoms with Gasteiger partial charge < -0.3 is 9.80 Å². The second kappa shape index (κ2) is 8.05. The maximum Gasteiger partial charge on any atom is 0.225 e. The Morgan fingerprint density at radius 1 is 1.03 bits per heavy atom. The molecule has 0 radical (unpaired) electrons. The van der Waals surface area contributed by atoms with Gasteiger partial charge >= 0.3 is 0 Å². The second-order valence-electron chi connectivity index (χ2n) is 8.93. The minimum Gasteiger partial charge on any atom is -0.351 e. The van der Waals surface area contributed by atoms with E-state index in [9.17, 15) is 13.2 Å². The van der Waals surface area contributed by atoms with Gasteiger partial charge in [-0.25, -0.2) is 22.2 Å². The van der Waals surface area contributed by atoms with Crippen LogP contribution in [0.15, 0.2) is 12.4 Å². The third kappa shape index (κ3) is 3.91. The molecule has 10 heteroatoms. The number of hydrogen-bond donors (Lipinski definition) is 0. The van der Waals surface area contributed by atoms with E-state index < -0.39 is 10.0 Å². The standard InChI is InChI=1S/C21H30N6O3S/c1-31(29,30)26-9-6-16(7-10-26)21(28)25-14-12-24(13-15-25)20-19-17-4-2-3-5-18(17)23-27(19)11-8-22-20/h8,11,16H,2-7,9-10,12-15H2,1H3. The van der Waals surface area contributed by atoms with Crippen molar-refractivity contribution in [3.05, 3.63) is 23.7 Å². The highest BCUT2D eigenvalue weighted by Gasteiger charge is 2.33. The molecular formula is C21H30N6O3S. The fraction of sp³-hybridized carbons (Fsp3) is 0.667. The summed E-state index contributed by atoms with van der Waals surface area (Å²) < 4.78 is 26.9. The molecule has 0 N–H and O–H groups in total. The highest BCUT2D eigenvalue weighted by atomic mass is 32.2. The lowest BCUT2D eigenvalue weighted by Gasteiger charge is -2.38. The topological polar surface area (TPSA) is 91.1 Å². The number of piperazine rings is 1. The first-order valence-electron chi connectivity index (χ1n) is 11.3. The third-order valence-corrected chi connectivity index (χ3v) is 8.26. The highest BCUT2D eigenvalue weighted by molar-refractivity contribution is 7.88. The van der Waals surface area contributed by atoms with Gasteiger partial charge in [-0.3, -0.25) is 4.79 Å². The summed E-state index contributed by atoms with van der Waals surface area (Å²) in [5, 5.41) is 4.78. The van der Waals surface area contributed by atoms with Crippen LogP contribution in [0.1, 0.15) is 36.9 Å². The summed E-state index contributed by atoms with van der Waals surface area (Å²) in [5.41, 5.74) is 3.67. The van der Waals surface area contributed by atoms with Crippen molar-refractivity contribution in [2.75, 3.05) is 50.4 Å². The van der Waals surface area contributed by atoms with Gasteiger partial charge in [-0.2, -0.15) is 5.10 Å². The number of anilines is 1. The van der Waals surface area contributed by atoms with Crippen LogP contribution in [0, 0.1) is 5.92 Å². The molecule has 31 heavy (non-hydrogen) atoms. The Bertz CT molecular complexity index is 1080. The van der Waals surface area contributed by atoms with E-state index in [0.29, 0.717) is 39.0 Å². The Morgan fingerprint density at radius 2 is 1.74 bits per heavy atom. The lowest BCUT2D eigenvalue weighted by Crippen LogP contribution is -2.52. The zero-order valence-electron chi connectivity index (χ0n) is 18.0. The number of aromatic nitrogens is 3. The minimum atomic E-state index is -3.17. The molecule has 2 aromatic heterocycles. The van der Waals surface area contributed by atoms with Gasteiger partial charge in [-0.05, 0) is 38.5 Å². The molecule has 168 valence electrons. The Morgan fingerprint density at radius 3 is 2.45 bits per heavy atom. The number of carbonyl (C=O) groups excluding carboxylic acids is 1. The van der Waals surface area contributed by atoms with Gasteiger partial charge in [-0.1, -0.05) is 0 Å². The first-order valence-corrected chi connectivity index (χ1v) is 13.1. The molecule has 2 aliphatic heterocycles. The zero-order chi connectivity index (χ0) is 21.6. The van der Waals surface area contributed by atoms with Gasteiger partial charge in [0, 0.05) is 63.1 Å². The highest BCUT2D eigenvalue weighted by Crippen LogP contribution is 2.31. The molecule has 2 saturated heterocycles. The number of rotatable bonds is 3. The zero-order valence-corrected chi connectivity index (χ0v) is 18.9. The molecule has 2 aromatic rings. The molecule has 1 aliphatic carbocycles. The SMILES string of the molecule is CS(=O)(=O)N1CCC(C(=O)N2CCN(c3nccn4nc5c(c34)CCCC5)CC2)CC1.